The van der Waals surface area contributed by atoms with E-state index in [1.54, 1.807) is 4.57 Å². The van der Waals surface area contributed by atoms with Crippen molar-refractivity contribution in [2.75, 3.05) is 0 Å². The summed E-state index contributed by atoms with van der Waals surface area (Å²) < 4.78 is 43.4. The van der Waals surface area contributed by atoms with Crippen LogP contribution in [-0.4, -0.2) is 18.9 Å². The molecule has 0 aromatic carbocycles. The molecule has 9 heteroatoms. The first kappa shape index (κ1) is 15.6. The van der Waals surface area contributed by atoms with Crippen LogP contribution >= 0.6 is 11.3 Å². The molecule has 3 aromatic heterocycles. The first-order valence-corrected chi connectivity index (χ1v) is 8.67. The lowest BCUT2D eigenvalue weighted by molar-refractivity contribution is -0.141. The molecule has 0 fully saturated rings. The summed E-state index contributed by atoms with van der Waals surface area (Å²) in [4.78, 5) is 9.16. The Morgan fingerprint density at radius 1 is 1.21 bits per heavy atom. The lowest BCUT2D eigenvalue weighted by Gasteiger charge is -2.17. The molecule has 128 valence electrons. The standard InChI is InChI=1S/C15H16F3N5S/c16-15(17,18)13-11(23-4-2-1-3-12(23)21-13)8-19-7-10-9-22-5-6-24-14(22)20-10/h5-6,9,19H,1-4,7-8H2. The third-order valence-electron chi connectivity index (χ3n) is 4.19. The number of aryl methyl sites for hydroxylation is 1. The van der Waals surface area contributed by atoms with Crippen molar-refractivity contribution in [3.63, 3.8) is 0 Å². The Morgan fingerprint density at radius 2 is 2.08 bits per heavy atom. The van der Waals surface area contributed by atoms with E-state index in [2.05, 4.69) is 15.3 Å². The maximum atomic E-state index is 13.3. The van der Waals surface area contributed by atoms with E-state index in [0.29, 0.717) is 25.3 Å². The molecule has 24 heavy (non-hydrogen) atoms. The van der Waals surface area contributed by atoms with Crippen LogP contribution in [0.2, 0.25) is 0 Å². The maximum Gasteiger partial charge on any atom is 0.435 e. The van der Waals surface area contributed by atoms with Crippen molar-refractivity contribution >= 4 is 16.3 Å². The first-order chi connectivity index (χ1) is 11.5. The molecular weight excluding hydrogens is 339 g/mol. The Balaban J connectivity index is 1.52. The van der Waals surface area contributed by atoms with Gasteiger partial charge in [-0.25, -0.2) is 9.97 Å². The second-order valence-corrected chi connectivity index (χ2v) is 6.73. The second-order valence-electron chi connectivity index (χ2n) is 5.86. The summed E-state index contributed by atoms with van der Waals surface area (Å²) >= 11 is 1.52. The zero-order valence-corrected chi connectivity index (χ0v) is 13.6. The normalized spacial score (nSPS) is 15.1. The van der Waals surface area contributed by atoms with E-state index in [0.717, 1.165) is 23.5 Å². The van der Waals surface area contributed by atoms with Crippen molar-refractivity contribution in [2.24, 2.45) is 0 Å². The van der Waals surface area contributed by atoms with Gasteiger partial charge in [0.25, 0.3) is 0 Å². The molecule has 1 aliphatic rings. The molecule has 4 heterocycles. The van der Waals surface area contributed by atoms with Gasteiger partial charge in [-0.15, -0.1) is 11.3 Å². The molecule has 0 saturated heterocycles. The lowest BCUT2D eigenvalue weighted by atomic mass is 10.1. The first-order valence-electron chi connectivity index (χ1n) is 7.79. The third-order valence-corrected chi connectivity index (χ3v) is 4.96. The molecular formula is C15H16F3N5S. The highest BCUT2D eigenvalue weighted by Crippen LogP contribution is 2.33. The number of nitrogens with one attached hydrogen (secondary N) is 1. The molecule has 0 atom stereocenters. The number of nitrogens with zero attached hydrogens (tertiary/aromatic N) is 4. The predicted molar refractivity (Wildman–Crippen MR) is 83.8 cm³/mol. The molecule has 0 unspecified atom stereocenters. The number of alkyl halides is 3. The Kier molecular flexibility index (Phi) is 3.84. The summed E-state index contributed by atoms with van der Waals surface area (Å²) in [6.07, 6.45) is 1.78. The van der Waals surface area contributed by atoms with Gasteiger partial charge in [-0.1, -0.05) is 0 Å². The van der Waals surface area contributed by atoms with Crippen molar-refractivity contribution in [2.45, 2.75) is 45.1 Å². The minimum atomic E-state index is -4.42. The molecule has 0 aliphatic carbocycles. The molecule has 0 bridgehead atoms. The van der Waals surface area contributed by atoms with Crippen LogP contribution in [0.1, 0.15) is 35.7 Å². The van der Waals surface area contributed by atoms with Crippen LogP contribution < -0.4 is 5.32 Å². The third kappa shape index (κ3) is 2.82. The second kappa shape index (κ2) is 5.89. The van der Waals surface area contributed by atoms with Gasteiger partial charge in [-0.05, 0) is 12.8 Å². The van der Waals surface area contributed by atoms with Crippen LogP contribution in [0.3, 0.4) is 0 Å². The zero-order chi connectivity index (χ0) is 16.7. The van der Waals surface area contributed by atoms with E-state index in [9.17, 15) is 13.2 Å². The smallest absolute Gasteiger partial charge is 0.330 e. The van der Waals surface area contributed by atoms with Crippen molar-refractivity contribution in [3.8, 4) is 0 Å². The average molecular weight is 355 g/mol. The molecule has 0 saturated carbocycles. The quantitative estimate of drug-likeness (QED) is 0.782. The van der Waals surface area contributed by atoms with Crippen LogP contribution in [0.15, 0.2) is 17.8 Å². The van der Waals surface area contributed by atoms with Gasteiger partial charge in [0.2, 0.25) is 0 Å². The van der Waals surface area contributed by atoms with Crippen molar-refractivity contribution in [3.05, 3.63) is 40.7 Å². The average Bonchev–Trinajstić information content (AvgIpc) is 3.19. The van der Waals surface area contributed by atoms with Crippen molar-refractivity contribution in [1.29, 1.82) is 0 Å². The van der Waals surface area contributed by atoms with Crippen molar-refractivity contribution < 1.29 is 13.2 Å². The van der Waals surface area contributed by atoms with Gasteiger partial charge in [0.15, 0.2) is 10.7 Å². The fourth-order valence-electron chi connectivity index (χ4n) is 3.12. The van der Waals surface area contributed by atoms with Gasteiger partial charge >= 0.3 is 6.18 Å². The fourth-order valence-corrected chi connectivity index (χ4v) is 3.84. The summed E-state index contributed by atoms with van der Waals surface area (Å²) in [6, 6.07) is 0. The number of hydrogen-bond acceptors (Lipinski definition) is 4. The van der Waals surface area contributed by atoms with Gasteiger partial charge in [0.05, 0.1) is 11.4 Å². The van der Waals surface area contributed by atoms with E-state index < -0.39 is 11.9 Å². The number of hydrogen-bond donors (Lipinski definition) is 1. The minimum absolute atomic E-state index is 0.132. The Bertz CT molecular complexity index is 832. The summed E-state index contributed by atoms with van der Waals surface area (Å²) in [5, 5.41) is 5.02. The zero-order valence-electron chi connectivity index (χ0n) is 12.8. The number of halogens is 3. The van der Waals surface area contributed by atoms with Crippen LogP contribution in [0.25, 0.3) is 4.96 Å². The topological polar surface area (TPSA) is 47.2 Å². The summed E-state index contributed by atoms with van der Waals surface area (Å²) in [5.41, 5.74) is 0.296. The SMILES string of the molecule is FC(F)(F)c1nc2n(c1CNCc1cn3ccsc3n1)CCCC2. The Labute approximate surface area is 140 Å². The van der Waals surface area contributed by atoms with Gasteiger partial charge in [-0.3, -0.25) is 4.40 Å². The highest BCUT2D eigenvalue weighted by atomic mass is 32.1. The summed E-state index contributed by atoms with van der Waals surface area (Å²) in [5.74, 6) is 0.549. The number of thiazole rings is 1. The maximum absolute atomic E-state index is 13.3. The Hall–Kier alpha value is -1.87. The highest BCUT2D eigenvalue weighted by molar-refractivity contribution is 7.15. The molecule has 5 nitrogen and oxygen atoms in total. The molecule has 4 rings (SSSR count). The van der Waals surface area contributed by atoms with Crippen LogP contribution in [0, 0.1) is 0 Å². The Morgan fingerprint density at radius 3 is 2.88 bits per heavy atom. The van der Waals surface area contributed by atoms with E-state index in [1.807, 2.05) is 22.2 Å². The molecule has 0 radical (unpaired) electrons. The summed E-state index contributed by atoms with van der Waals surface area (Å²) in [6.45, 7) is 1.16. The van der Waals surface area contributed by atoms with Gasteiger partial charge in [-0.2, -0.15) is 13.2 Å². The molecule has 0 amide bonds. The van der Waals surface area contributed by atoms with Crippen LogP contribution in [-0.2, 0) is 32.2 Å². The molecule has 1 N–H and O–H groups in total. The summed E-state index contributed by atoms with van der Waals surface area (Å²) in [7, 11) is 0. The predicted octanol–water partition coefficient (Wildman–Crippen LogP) is 3.24. The van der Waals surface area contributed by atoms with E-state index in [4.69, 9.17) is 0 Å². The fraction of sp³-hybridized carbons (Fsp3) is 0.467. The van der Waals surface area contributed by atoms with Crippen LogP contribution in [0.5, 0.6) is 0 Å². The largest absolute Gasteiger partial charge is 0.435 e. The van der Waals surface area contributed by atoms with E-state index in [1.165, 1.54) is 11.3 Å². The van der Waals surface area contributed by atoms with E-state index >= 15 is 0 Å². The number of imidazole rings is 2. The molecule has 0 spiro atoms. The van der Waals surface area contributed by atoms with Crippen LogP contribution in [0.4, 0.5) is 13.2 Å². The minimum Gasteiger partial charge on any atom is -0.330 e. The number of fused-ring (bicyclic) bond motifs is 2. The van der Waals surface area contributed by atoms with Crippen molar-refractivity contribution in [1.82, 2.24) is 24.3 Å². The van der Waals surface area contributed by atoms with Gasteiger partial charge in [0, 0.05) is 43.8 Å². The monoisotopic (exact) mass is 355 g/mol. The molecule has 1 aliphatic heterocycles. The van der Waals surface area contributed by atoms with Gasteiger partial charge in [0.1, 0.15) is 5.82 Å². The van der Waals surface area contributed by atoms with Gasteiger partial charge < -0.3 is 9.88 Å². The molecule has 3 aromatic rings. The number of rotatable bonds is 4. The highest BCUT2D eigenvalue weighted by Gasteiger charge is 2.39. The lowest BCUT2D eigenvalue weighted by Crippen LogP contribution is -2.21. The number of aromatic nitrogens is 4. The van der Waals surface area contributed by atoms with E-state index in [-0.39, 0.29) is 12.2 Å².